The van der Waals surface area contributed by atoms with E-state index in [9.17, 15) is 0 Å². The average Bonchev–Trinajstić information content (AvgIpc) is 2.58. The van der Waals surface area contributed by atoms with E-state index in [0.29, 0.717) is 0 Å². The second-order valence-electron chi connectivity index (χ2n) is 6.67. The first-order chi connectivity index (χ1) is 10.7. The third kappa shape index (κ3) is 10.5. The Hall–Kier alpha value is -0.160. The number of rotatable bonds is 1. The van der Waals surface area contributed by atoms with Crippen LogP contribution in [-0.2, 0) is 14.2 Å². The summed E-state index contributed by atoms with van der Waals surface area (Å²) in [7, 11) is 2.11. The van der Waals surface area contributed by atoms with Gasteiger partial charge in [-0.1, -0.05) is 20.3 Å². The standard InChI is InChI=1S/C7H14O.C6H12O.C5H11NO/c1-2-7-3-5-8-6-4-7;2*1-6-2-4-7-5-3-6/h7H,2-6H2,1H3;6H,2-5H2,1H3;2-5H2,1H3. The van der Waals surface area contributed by atoms with Gasteiger partial charge in [0.15, 0.2) is 0 Å². The number of likely N-dealkylation sites (N-methyl/N-ethyl adjacent to an activating group) is 1. The predicted octanol–water partition coefficient (Wildman–Crippen LogP) is 3.20. The molecule has 3 saturated heterocycles. The largest absolute Gasteiger partial charge is 0.381 e. The lowest BCUT2D eigenvalue weighted by Gasteiger charge is -2.21. The van der Waals surface area contributed by atoms with E-state index in [1.165, 1.54) is 32.1 Å². The van der Waals surface area contributed by atoms with Crippen LogP contribution in [0.15, 0.2) is 0 Å². The molecule has 3 aliphatic heterocycles. The third-order valence-corrected chi connectivity index (χ3v) is 4.66. The molecule has 0 radical (unpaired) electrons. The topological polar surface area (TPSA) is 30.9 Å². The summed E-state index contributed by atoms with van der Waals surface area (Å²) in [5.74, 6) is 1.87. The van der Waals surface area contributed by atoms with Crippen molar-refractivity contribution in [1.82, 2.24) is 4.90 Å². The summed E-state index contributed by atoms with van der Waals surface area (Å²) in [6.45, 7) is 12.5. The van der Waals surface area contributed by atoms with Gasteiger partial charge in [-0.2, -0.15) is 0 Å². The molecule has 0 bridgehead atoms. The molecule has 4 heteroatoms. The van der Waals surface area contributed by atoms with Crippen LogP contribution in [0.4, 0.5) is 0 Å². The molecule has 0 aromatic rings. The van der Waals surface area contributed by atoms with Gasteiger partial charge in [-0.05, 0) is 44.6 Å². The van der Waals surface area contributed by atoms with Crippen LogP contribution in [0.1, 0.15) is 46.0 Å². The van der Waals surface area contributed by atoms with Gasteiger partial charge in [0.25, 0.3) is 0 Å². The average molecular weight is 315 g/mol. The van der Waals surface area contributed by atoms with Gasteiger partial charge in [0.05, 0.1) is 13.2 Å². The Morgan fingerprint density at radius 1 is 0.773 bits per heavy atom. The van der Waals surface area contributed by atoms with Crippen LogP contribution in [0.5, 0.6) is 0 Å². The van der Waals surface area contributed by atoms with Crippen LogP contribution in [0.25, 0.3) is 0 Å². The second kappa shape index (κ2) is 13.3. The Morgan fingerprint density at radius 3 is 1.50 bits per heavy atom. The molecule has 0 spiro atoms. The lowest BCUT2D eigenvalue weighted by molar-refractivity contribution is 0.0503. The molecule has 132 valence electrons. The number of hydrogen-bond donors (Lipinski definition) is 0. The molecular weight excluding hydrogens is 278 g/mol. The Labute approximate surface area is 137 Å². The molecule has 3 aliphatic rings. The van der Waals surface area contributed by atoms with Gasteiger partial charge in [-0.25, -0.2) is 0 Å². The van der Waals surface area contributed by atoms with Crippen LogP contribution in [-0.4, -0.2) is 64.7 Å². The molecule has 22 heavy (non-hydrogen) atoms. The van der Waals surface area contributed by atoms with Crippen molar-refractivity contribution in [2.45, 2.75) is 46.0 Å². The number of nitrogens with zero attached hydrogens (tertiary/aromatic N) is 1. The predicted molar refractivity (Wildman–Crippen MR) is 91.4 cm³/mol. The highest BCUT2D eigenvalue weighted by Gasteiger charge is 2.10. The molecule has 0 amide bonds. The zero-order valence-electron chi connectivity index (χ0n) is 15.0. The summed E-state index contributed by atoms with van der Waals surface area (Å²) in [5.41, 5.74) is 0. The maximum atomic E-state index is 5.20. The molecule has 0 aromatic carbocycles. The second-order valence-corrected chi connectivity index (χ2v) is 6.67. The molecule has 0 aliphatic carbocycles. The van der Waals surface area contributed by atoms with Crippen molar-refractivity contribution in [3.63, 3.8) is 0 Å². The molecular formula is C18H37NO3. The first-order valence-corrected chi connectivity index (χ1v) is 9.14. The van der Waals surface area contributed by atoms with Crippen molar-refractivity contribution in [2.24, 2.45) is 11.8 Å². The molecule has 3 rings (SSSR count). The molecule has 0 atom stereocenters. The molecule has 0 saturated carbocycles. The number of morpholine rings is 1. The summed E-state index contributed by atoms with van der Waals surface area (Å²) >= 11 is 0. The Kier molecular flexibility index (Phi) is 12.0. The van der Waals surface area contributed by atoms with Crippen LogP contribution >= 0.6 is 0 Å². The molecule has 0 unspecified atom stereocenters. The maximum Gasteiger partial charge on any atom is 0.0594 e. The van der Waals surface area contributed by atoms with E-state index in [2.05, 4.69) is 25.8 Å². The van der Waals surface area contributed by atoms with Gasteiger partial charge in [0.1, 0.15) is 0 Å². The van der Waals surface area contributed by atoms with Gasteiger partial charge < -0.3 is 19.1 Å². The summed E-state index contributed by atoms with van der Waals surface area (Å²) in [4.78, 5) is 2.27. The summed E-state index contributed by atoms with van der Waals surface area (Å²) in [6, 6.07) is 0. The molecule has 3 fully saturated rings. The fourth-order valence-corrected chi connectivity index (χ4v) is 2.62. The number of hydrogen-bond acceptors (Lipinski definition) is 4. The van der Waals surface area contributed by atoms with Crippen molar-refractivity contribution < 1.29 is 14.2 Å². The van der Waals surface area contributed by atoms with E-state index in [1.807, 2.05) is 0 Å². The summed E-state index contributed by atoms with van der Waals surface area (Å²) in [6.07, 6.45) is 6.44. The first kappa shape index (κ1) is 19.9. The van der Waals surface area contributed by atoms with Gasteiger partial charge in [-0.15, -0.1) is 0 Å². The lowest BCUT2D eigenvalue weighted by atomic mass is 9.98. The number of ether oxygens (including phenoxy) is 3. The summed E-state index contributed by atoms with van der Waals surface area (Å²) < 4.78 is 15.4. The minimum atomic E-state index is 0.911. The highest BCUT2D eigenvalue weighted by Crippen LogP contribution is 2.16. The van der Waals surface area contributed by atoms with E-state index in [-0.39, 0.29) is 0 Å². The van der Waals surface area contributed by atoms with Crippen molar-refractivity contribution in [2.75, 3.05) is 59.8 Å². The normalized spacial score (nSPS) is 24.7. The van der Waals surface area contributed by atoms with Crippen LogP contribution in [0.2, 0.25) is 0 Å². The Bertz CT molecular complexity index is 216. The fraction of sp³-hybridized carbons (Fsp3) is 1.00. The fourth-order valence-electron chi connectivity index (χ4n) is 2.62. The third-order valence-electron chi connectivity index (χ3n) is 4.66. The van der Waals surface area contributed by atoms with Crippen molar-refractivity contribution in [1.29, 1.82) is 0 Å². The van der Waals surface area contributed by atoms with E-state index >= 15 is 0 Å². The maximum absolute atomic E-state index is 5.20. The zero-order valence-corrected chi connectivity index (χ0v) is 15.0. The van der Waals surface area contributed by atoms with Gasteiger partial charge in [0, 0.05) is 39.5 Å². The van der Waals surface area contributed by atoms with E-state index in [0.717, 1.165) is 64.6 Å². The minimum Gasteiger partial charge on any atom is -0.381 e. The highest BCUT2D eigenvalue weighted by atomic mass is 16.5. The van der Waals surface area contributed by atoms with Crippen molar-refractivity contribution in [3.05, 3.63) is 0 Å². The van der Waals surface area contributed by atoms with E-state index in [4.69, 9.17) is 14.2 Å². The van der Waals surface area contributed by atoms with Gasteiger partial charge >= 0.3 is 0 Å². The quantitative estimate of drug-likeness (QED) is 0.743. The van der Waals surface area contributed by atoms with Crippen LogP contribution in [0, 0.1) is 11.8 Å². The highest BCUT2D eigenvalue weighted by molar-refractivity contribution is 4.60. The monoisotopic (exact) mass is 315 g/mol. The summed E-state index contributed by atoms with van der Waals surface area (Å²) in [5, 5.41) is 0. The van der Waals surface area contributed by atoms with Crippen molar-refractivity contribution >= 4 is 0 Å². The zero-order chi connectivity index (χ0) is 16.0. The Balaban J connectivity index is 0.000000166. The molecule has 3 heterocycles. The lowest BCUT2D eigenvalue weighted by Crippen LogP contribution is -2.32. The van der Waals surface area contributed by atoms with E-state index in [1.54, 1.807) is 0 Å². The van der Waals surface area contributed by atoms with Crippen molar-refractivity contribution in [3.8, 4) is 0 Å². The Morgan fingerprint density at radius 2 is 1.23 bits per heavy atom. The molecule has 4 nitrogen and oxygen atoms in total. The smallest absolute Gasteiger partial charge is 0.0594 e. The SMILES string of the molecule is CC1CCOCC1.CCC1CCOCC1.CN1CCOCC1. The van der Waals surface area contributed by atoms with E-state index < -0.39 is 0 Å². The first-order valence-electron chi connectivity index (χ1n) is 9.14. The van der Waals surface area contributed by atoms with Crippen LogP contribution < -0.4 is 0 Å². The minimum absolute atomic E-state index is 0.911. The van der Waals surface area contributed by atoms with Gasteiger partial charge in [0.2, 0.25) is 0 Å². The van der Waals surface area contributed by atoms with Gasteiger partial charge in [-0.3, -0.25) is 0 Å². The molecule has 0 aromatic heterocycles. The molecule has 0 N–H and O–H groups in total. The van der Waals surface area contributed by atoms with Crippen LogP contribution in [0.3, 0.4) is 0 Å².